The Morgan fingerprint density at radius 1 is 1.17 bits per heavy atom. The molecule has 0 bridgehead atoms. The van der Waals surface area contributed by atoms with Gasteiger partial charge in [0.2, 0.25) is 0 Å². The average Bonchev–Trinajstić information content (AvgIpc) is 3.25. The van der Waals surface area contributed by atoms with E-state index in [1.807, 2.05) is 31.2 Å². The van der Waals surface area contributed by atoms with E-state index >= 15 is 0 Å². The summed E-state index contributed by atoms with van der Waals surface area (Å²) >= 11 is 0. The highest BCUT2D eigenvalue weighted by atomic mass is 31.2. The van der Waals surface area contributed by atoms with E-state index < -0.39 is 31.6 Å². The van der Waals surface area contributed by atoms with Crippen LogP contribution >= 0.6 is 7.75 Å². The molecule has 1 aromatic carbocycles. The normalized spacial score (nSPS) is 15.5. The van der Waals surface area contributed by atoms with Crippen molar-refractivity contribution in [1.29, 1.82) is 0 Å². The van der Waals surface area contributed by atoms with Crippen molar-refractivity contribution in [3.63, 3.8) is 0 Å². The van der Waals surface area contributed by atoms with Gasteiger partial charge in [-0.1, -0.05) is 18.2 Å². The van der Waals surface area contributed by atoms with Crippen LogP contribution in [0.5, 0.6) is 5.75 Å². The number of nitrogens with two attached hydrogens (primary N) is 1. The van der Waals surface area contributed by atoms with Crippen LogP contribution in [0, 0.1) is 0 Å². The fourth-order valence-electron chi connectivity index (χ4n) is 4.19. The molecule has 13 nitrogen and oxygen atoms in total. The zero-order chi connectivity index (χ0) is 29.8. The lowest BCUT2D eigenvalue weighted by molar-refractivity contribution is -0.150. The summed E-state index contributed by atoms with van der Waals surface area (Å²) in [6.07, 6.45) is 2.48. The molecule has 4 rings (SSSR count). The number of benzene rings is 1. The van der Waals surface area contributed by atoms with Gasteiger partial charge in [-0.15, -0.1) is 0 Å². The number of hydrogen-bond acceptors (Lipinski definition) is 11. The Hall–Kier alpha value is -3.61. The van der Waals surface area contributed by atoms with Gasteiger partial charge < -0.3 is 29.4 Å². The van der Waals surface area contributed by atoms with E-state index in [4.69, 9.17) is 24.3 Å². The first-order valence-corrected chi connectivity index (χ1v) is 14.7. The van der Waals surface area contributed by atoms with E-state index in [-0.39, 0.29) is 24.7 Å². The van der Waals surface area contributed by atoms with Crippen LogP contribution in [-0.4, -0.2) is 55.1 Å². The Morgan fingerprint density at radius 2 is 1.88 bits per heavy atom. The van der Waals surface area contributed by atoms with Crippen molar-refractivity contribution < 1.29 is 33.0 Å². The van der Waals surface area contributed by atoms with Gasteiger partial charge >= 0.3 is 13.7 Å². The van der Waals surface area contributed by atoms with Crippen molar-refractivity contribution in [3.05, 3.63) is 54.6 Å². The zero-order valence-electron chi connectivity index (χ0n) is 23.6. The monoisotopic (exact) mass is 586 g/mol. The molecule has 0 fully saturated rings. The molecule has 3 heterocycles. The lowest BCUT2D eigenvalue weighted by atomic mass is 10.2. The van der Waals surface area contributed by atoms with Gasteiger partial charge in [0.05, 0.1) is 23.7 Å². The van der Waals surface area contributed by atoms with Crippen molar-refractivity contribution in [1.82, 2.24) is 24.6 Å². The minimum Gasteiger partial charge on any atom is -0.462 e. The van der Waals surface area contributed by atoms with Crippen molar-refractivity contribution in [3.8, 4) is 5.75 Å². The molecule has 220 valence electrons. The van der Waals surface area contributed by atoms with Gasteiger partial charge in [-0.05, 0) is 52.8 Å². The molecule has 0 aliphatic heterocycles. The summed E-state index contributed by atoms with van der Waals surface area (Å²) in [5, 5.41) is 14.9. The van der Waals surface area contributed by atoms with Crippen LogP contribution in [0.15, 0.2) is 48.8 Å². The van der Waals surface area contributed by atoms with E-state index in [9.17, 15) is 14.5 Å². The fraction of sp³-hybridized carbons (Fsp3) is 0.407. The molecule has 3 atom stereocenters. The lowest BCUT2D eigenvalue weighted by Gasteiger charge is -2.31. The summed E-state index contributed by atoms with van der Waals surface area (Å²) in [7, 11) is -4.42. The number of nitrogens with one attached hydrogen (secondary N) is 1. The van der Waals surface area contributed by atoms with Gasteiger partial charge in [-0.2, -0.15) is 5.09 Å². The maximum absolute atomic E-state index is 14.1. The first kappa shape index (κ1) is 30.4. The van der Waals surface area contributed by atoms with Crippen LogP contribution in [0.2, 0.25) is 0 Å². The number of nitrogen functional groups attached to an aromatic ring is 1. The Morgan fingerprint density at radius 3 is 2.56 bits per heavy atom. The molecule has 0 saturated heterocycles. The van der Waals surface area contributed by atoms with Crippen LogP contribution in [-0.2, 0) is 36.5 Å². The van der Waals surface area contributed by atoms with Crippen molar-refractivity contribution in [2.24, 2.45) is 0 Å². The Kier molecular flexibility index (Phi) is 9.25. The first-order valence-electron chi connectivity index (χ1n) is 13.1. The molecule has 3 aromatic heterocycles. The zero-order valence-corrected chi connectivity index (χ0v) is 24.5. The summed E-state index contributed by atoms with van der Waals surface area (Å²) in [5.74, 6) is -1.99. The van der Waals surface area contributed by atoms with E-state index in [1.54, 1.807) is 18.4 Å². The van der Waals surface area contributed by atoms with Gasteiger partial charge in [0.25, 0.3) is 0 Å². The van der Waals surface area contributed by atoms with Gasteiger partial charge in [0, 0.05) is 24.4 Å². The third kappa shape index (κ3) is 7.38. The number of ether oxygens (including phenoxy) is 2. The van der Waals surface area contributed by atoms with E-state index in [1.165, 1.54) is 38.4 Å². The van der Waals surface area contributed by atoms with E-state index in [2.05, 4.69) is 20.0 Å². The topological polar surface area (TPSA) is 173 Å². The third-order valence-corrected chi connectivity index (χ3v) is 7.61. The summed E-state index contributed by atoms with van der Waals surface area (Å²) in [4.78, 5) is 25.5. The summed E-state index contributed by atoms with van der Waals surface area (Å²) in [6.45, 7) is 8.30. The second kappa shape index (κ2) is 12.5. The average molecular weight is 587 g/mol. The number of fused-ring (bicyclic) bond motifs is 3. The van der Waals surface area contributed by atoms with Crippen molar-refractivity contribution in [2.45, 2.75) is 65.7 Å². The number of nitrogens with zero attached hydrogens (tertiary/aromatic N) is 4. The molecular formula is C27H35N6O7P. The Bertz CT molecular complexity index is 1560. The summed E-state index contributed by atoms with van der Waals surface area (Å²) in [5.41, 5.74) is 7.91. The number of anilines is 1. The molecule has 41 heavy (non-hydrogen) atoms. The van der Waals surface area contributed by atoms with Gasteiger partial charge in [0.15, 0.2) is 11.6 Å². The maximum Gasteiger partial charge on any atom is 0.462 e. The summed E-state index contributed by atoms with van der Waals surface area (Å²) in [6, 6.07) is 9.21. The smallest absolute Gasteiger partial charge is 0.462 e. The SMILES string of the molecule is CCOCc1nc2c(N)nc3ccccc3c2n1CC(C)(O)OP(=O)(N[C@@H](C)C(=O)OC(C)C)Oc1ccncc1. The number of hydrogen-bond donors (Lipinski definition) is 3. The van der Waals surface area contributed by atoms with Gasteiger partial charge in [-0.3, -0.25) is 14.3 Å². The molecule has 0 saturated carbocycles. The largest absolute Gasteiger partial charge is 0.462 e. The standard InChI is InChI=1S/C27H35N6O7P/c1-6-37-15-22-31-23-24(20-9-7-8-10-21(20)30-25(23)28)33(22)16-27(5,35)40-41(36,39-19-11-13-29-14-12-19)32-18(4)26(34)38-17(2)3/h7-14,17-18,35H,6,15-16H2,1-5H3,(H2,28,30)(H,32,36)/t18-,27?,41?/m0/s1. The molecule has 4 aromatic rings. The highest BCUT2D eigenvalue weighted by Gasteiger charge is 2.40. The molecule has 0 aliphatic carbocycles. The number of imidazole rings is 1. The molecule has 4 N–H and O–H groups in total. The van der Waals surface area contributed by atoms with E-state index in [0.717, 1.165) is 5.39 Å². The molecule has 14 heteroatoms. The number of esters is 1. The Balaban J connectivity index is 1.73. The number of aromatic nitrogens is 4. The quantitative estimate of drug-likeness (QED) is 0.117. The molecule has 0 aliphatic rings. The second-order valence-electron chi connectivity index (χ2n) is 9.84. The third-order valence-electron chi connectivity index (χ3n) is 5.83. The summed E-state index contributed by atoms with van der Waals surface area (Å²) < 4.78 is 38.1. The molecule has 2 unspecified atom stereocenters. The second-order valence-corrected chi connectivity index (χ2v) is 11.5. The van der Waals surface area contributed by atoms with Crippen LogP contribution in [0.4, 0.5) is 5.82 Å². The fourth-order valence-corrected chi connectivity index (χ4v) is 5.89. The van der Waals surface area contributed by atoms with Crippen LogP contribution < -0.4 is 15.3 Å². The molecule has 0 spiro atoms. The minimum absolute atomic E-state index is 0.108. The molecular weight excluding hydrogens is 551 g/mol. The minimum atomic E-state index is -4.42. The number of carbonyl (C=O) groups excluding carboxylic acids is 1. The van der Waals surface area contributed by atoms with E-state index in [0.29, 0.717) is 29.0 Å². The number of carbonyl (C=O) groups is 1. The van der Waals surface area contributed by atoms with Crippen molar-refractivity contribution in [2.75, 3.05) is 12.3 Å². The predicted octanol–water partition coefficient (Wildman–Crippen LogP) is 3.94. The van der Waals surface area contributed by atoms with Gasteiger partial charge in [0.1, 0.15) is 29.7 Å². The number of pyridine rings is 2. The highest BCUT2D eigenvalue weighted by Crippen LogP contribution is 2.48. The van der Waals surface area contributed by atoms with Crippen LogP contribution in [0.25, 0.3) is 21.9 Å². The number of rotatable bonds is 13. The van der Waals surface area contributed by atoms with Crippen LogP contribution in [0.3, 0.4) is 0 Å². The van der Waals surface area contributed by atoms with Gasteiger partial charge in [-0.25, -0.2) is 14.5 Å². The molecule has 0 amide bonds. The molecule has 0 radical (unpaired) electrons. The van der Waals surface area contributed by atoms with Crippen LogP contribution in [0.1, 0.15) is 40.4 Å². The van der Waals surface area contributed by atoms with Crippen molar-refractivity contribution >= 4 is 41.5 Å². The number of para-hydroxylation sites is 1. The number of aliphatic hydroxyl groups is 1. The highest BCUT2D eigenvalue weighted by molar-refractivity contribution is 7.52. The lowest BCUT2D eigenvalue weighted by Crippen LogP contribution is -2.40. The first-order chi connectivity index (χ1) is 19.4. The Labute approximate surface area is 237 Å². The predicted molar refractivity (Wildman–Crippen MR) is 153 cm³/mol. The maximum atomic E-state index is 14.1.